The van der Waals surface area contributed by atoms with E-state index in [0.717, 1.165) is 56.8 Å². The summed E-state index contributed by atoms with van der Waals surface area (Å²) in [4.78, 5) is 38.6. The molecule has 31 heavy (non-hydrogen) atoms. The maximum Gasteiger partial charge on any atom is 0.305 e. The first kappa shape index (κ1) is 27.2. The van der Waals surface area contributed by atoms with Crippen molar-refractivity contribution in [2.24, 2.45) is 33.3 Å². The Morgan fingerprint density at radius 3 is 1.68 bits per heavy atom. The summed E-state index contributed by atoms with van der Waals surface area (Å²) >= 11 is 0. The summed E-state index contributed by atoms with van der Waals surface area (Å²) in [7, 11) is 0. The fourth-order valence-electron chi connectivity index (χ4n) is 4.45. The number of hydrogen-bond acceptors (Lipinski definition) is 8. The molecule has 0 aromatic rings. The fraction of sp³-hybridized carbons (Fsp3) is 0.870. The topological polar surface area (TPSA) is 137 Å². The lowest BCUT2D eigenvalue weighted by atomic mass is 9.76. The van der Waals surface area contributed by atoms with E-state index in [1.807, 2.05) is 0 Å². The number of hydrogen-bond donors (Lipinski definition) is 2. The highest BCUT2D eigenvalue weighted by Gasteiger charge is 2.26. The summed E-state index contributed by atoms with van der Waals surface area (Å²) in [6, 6.07) is 0.456. The standard InChI is InChI=1S/C15H22N2O2.C6H10O2.C2H8N2/c18-10-16-14-5-1-12(2-6-14)9-13-3-7-15(8-4-13)17-11-19;7-6-4-2-1-3-5-8-6;3-1-2-4/h12-15H,1-9H2;1-5H2;1-4H2. The van der Waals surface area contributed by atoms with E-state index in [9.17, 15) is 14.4 Å². The highest BCUT2D eigenvalue weighted by Crippen LogP contribution is 2.36. The lowest BCUT2D eigenvalue weighted by Crippen LogP contribution is -2.23. The van der Waals surface area contributed by atoms with E-state index in [4.69, 9.17) is 16.2 Å². The van der Waals surface area contributed by atoms with Crippen molar-refractivity contribution in [3.05, 3.63) is 0 Å². The maximum atomic E-state index is 10.5. The third kappa shape index (κ3) is 13.2. The number of carbonyl (C=O) groups excluding carboxylic acids is 3. The Bertz CT molecular complexity index is 524. The quantitative estimate of drug-likeness (QED) is 0.386. The second-order valence-electron chi connectivity index (χ2n) is 8.63. The average molecular weight is 437 g/mol. The summed E-state index contributed by atoms with van der Waals surface area (Å²) in [6.07, 6.45) is 17.5. The molecule has 1 heterocycles. The summed E-state index contributed by atoms with van der Waals surface area (Å²) in [5.41, 5.74) is 9.81. The first-order valence-electron chi connectivity index (χ1n) is 11.8. The molecule has 0 unspecified atom stereocenters. The second-order valence-corrected chi connectivity index (χ2v) is 8.63. The Labute approximate surface area is 186 Å². The molecule has 1 aliphatic heterocycles. The molecule has 4 N–H and O–H groups in total. The number of cyclic esters (lactones) is 1. The minimum Gasteiger partial charge on any atom is -0.466 e. The van der Waals surface area contributed by atoms with Crippen molar-refractivity contribution in [3.63, 3.8) is 0 Å². The van der Waals surface area contributed by atoms with E-state index in [1.165, 1.54) is 32.1 Å². The monoisotopic (exact) mass is 436 g/mol. The van der Waals surface area contributed by atoms with Gasteiger partial charge in [-0.1, -0.05) is 0 Å². The van der Waals surface area contributed by atoms with E-state index >= 15 is 0 Å². The van der Waals surface area contributed by atoms with Crippen molar-refractivity contribution < 1.29 is 19.1 Å². The minimum absolute atomic E-state index is 0.0255. The second kappa shape index (κ2) is 17.8. The average Bonchev–Trinajstić information content (AvgIpc) is 3.05. The molecule has 0 aromatic carbocycles. The number of rotatable bonds is 5. The number of nitrogens with two attached hydrogens (primary N) is 2. The zero-order valence-corrected chi connectivity index (χ0v) is 18.8. The highest BCUT2D eigenvalue weighted by molar-refractivity contribution is 5.69. The van der Waals surface area contributed by atoms with Gasteiger partial charge in [-0.05, 0) is 88.9 Å². The molecule has 0 spiro atoms. The Hall–Kier alpha value is -1.85. The Kier molecular flexibility index (Phi) is 15.6. The van der Waals surface area contributed by atoms with Crippen LogP contribution in [0, 0.1) is 11.8 Å². The Morgan fingerprint density at radius 2 is 1.26 bits per heavy atom. The van der Waals surface area contributed by atoms with Gasteiger partial charge in [0.2, 0.25) is 12.2 Å². The molecule has 2 aliphatic carbocycles. The zero-order chi connectivity index (χ0) is 22.7. The van der Waals surface area contributed by atoms with Gasteiger partial charge in [0.1, 0.15) is 0 Å². The molecular weight excluding hydrogens is 396 g/mol. The lowest BCUT2D eigenvalue weighted by Gasteiger charge is -2.31. The van der Waals surface area contributed by atoms with Crippen LogP contribution in [-0.4, -0.2) is 49.9 Å². The molecule has 3 aliphatic rings. The lowest BCUT2D eigenvalue weighted by molar-refractivity contribution is -0.142. The van der Waals surface area contributed by atoms with Gasteiger partial charge in [-0.3, -0.25) is 4.79 Å². The summed E-state index contributed by atoms with van der Waals surface area (Å²) in [5, 5.41) is 0. The molecule has 0 bridgehead atoms. The van der Waals surface area contributed by atoms with Crippen LogP contribution in [0.2, 0.25) is 0 Å². The summed E-state index contributed by atoms with van der Waals surface area (Å²) < 4.78 is 4.76. The molecule has 0 atom stereocenters. The maximum absolute atomic E-state index is 10.5. The molecule has 8 nitrogen and oxygen atoms in total. The van der Waals surface area contributed by atoms with Crippen LogP contribution in [0.4, 0.5) is 0 Å². The molecule has 0 amide bonds. The van der Waals surface area contributed by atoms with Gasteiger partial charge in [0, 0.05) is 19.5 Å². The van der Waals surface area contributed by atoms with E-state index in [0.29, 0.717) is 26.1 Å². The summed E-state index contributed by atoms with van der Waals surface area (Å²) in [6.45, 7) is 1.83. The molecular formula is C23H40N4O4. The molecule has 176 valence electrons. The molecule has 2 saturated carbocycles. The van der Waals surface area contributed by atoms with Crippen molar-refractivity contribution in [3.8, 4) is 0 Å². The van der Waals surface area contributed by atoms with Crippen LogP contribution in [0.5, 0.6) is 0 Å². The molecule has 3 rings (SSSR count). The number of carbonyl (C=O) groups is 1. The highest BCUT2D eigenvalue weighted by atomic mass is 16.5. The van der Waals surface area contributed by atoms with E-state index in [2.05, 4.69) is 9.98 Å². The number of nitrogens with zero attached hydrogens (tertiary/aromatic N) is 2. The van der Waals surface area contributed by atoms with Crippen LogP contribution in [0.3, 0.4) is 0 Å². The van der Waals surface area contributed by atoms with Gasteiger partial charge in [-0.2, -0.15) is 0 Å². The van der Waals surface area contributed by atoms with Gasteiger partial charge in [-0.25, -0.2) is 19.6 Å². The van der Waals surface area contributed by atoms with Crippen molar-refractivity contribution in [1.82, 2.24) is 0 Å². The van der Waals surface area contributed by atoms with Crippen molar-refractivity contribution in [2.75, 3.05) is 19.7 Å². The first-order valence-corrected chi connectivity index (χ1v) is 11.8. The first-order chi connectivity index (χ1) is 15.1. The van der Waals surface area contributed by atoms with Gasteiger partial charge in [-0.15, -0.1) is 0 Å². The van der Waals surface area contributed by atoms with Crippen LogP contribution >= 0.6 is 0 Å². The predicted molar refractivity (Wildman–Crippen MR) is 120 cm³/mol. The van der Waals surface area contributed by atoms with E-state index < -0.39 is 0 Å². The minimum atomic E-state index is -0.0255. The largest absolute Gasteiger partial charge is 0.466 e. The van der Waals surface area contributed by atoms with Crippen LogP contribution in [0.1, 0.15) is 83.5 Å². The van der Waals surface area contributed by atoms with Crippen molar-refractivity contribution >= 4 is 18.1 Å². The zero-order valence-electron chi connectivity index (χ0n) is 18.8. The van der Waals surface area contributed by atoms with Crippen LogP contribution in [0.15, 0.2) is 9.98 Å². The summed E-state index contributed by atoms with van der Waals surface area (Å²) in [5.74, 6) is 1.57. The smallest absolute Gasteiger partial charge is 0.305 e. The molecule has 0 radical (unpaired) electrons. The van der Waals surface area contributed by atoms with Gasteiger partial charge < -0.3 is 16.2 Å². The Balaban J connectivity index is 0.000000329. The van der Waals surface area contributed by atoms with Crippen LogP contribution < -0.4 is 11.5 Å². The number of aliphatic imine (C=N–C) groups is 2. The normalized spacial score (nSPS) is 28.0. The number of isocyanates is 2. The van der Waals surface area contributed by atoms with Crippen LogP contribution in [0.25, 0.3) is 0 Å². The third-order valence-electron chi connectivity index (χ3n) is 6.22. The Morgan fingerprint density at radius 1 is 0.774 bits per heavy atom. The van der Waals surface area contributed by atoms with Crippen molar-refractivity contribution in [2.45, 2.75) is 95.6 Å². The predicted octanol–water partition coefficient (Wildman–Crippen LogP) is 3.17. The van der Waals surface area contributed by atoms with Crippen molar-refractivity contribution in [1.29, 1.82) is 0 Å². The molecule has 8 heteroatoms. The number of esters is 1. The fourth-order valence-corrected chi connectivity index (χ4v) is 4.45. The van der Waals surface area contributed by atoms with Gasteiger partial charge >= 0.3 is 5.97 Å². The van der Waals surface area contributed by atoms with E-state index in [-0.39, 0.29) is 18.1 Å². The van der Waals surface area contributed by atoms with Crippen LogP contribution in [-0.2, 0) is 19.1 Å². The van der Waals surface area contributed by atoms with Gasteiger partial charge in [0.15, 0.2) is 0 Å². The molecule has 3 fully saturated rings. The van der Waals surface area contributed by atoms with Gasteiger partial charge in [0.05, 0.1) is 18.7 Å². The van der Waals surface area contributed by atoms with Gasteiger partial charge in [0.25, 0.3) is 0 Å². The number of ether oxygens (including phenoxy) is 1. The molecule has 0 aromatic heterocycles. The molecule has 1 saturated heterocycles. The SMILES string of the molecule is NCCN.O=C1CCCCCO1.O=C=NC1CCC(CC2CCC(N=C=O)CC2)CC1. The third-order valence-corrected chi connectivity index (χ3v) is 6.22. The van der Waals surface area contributed by atoms with E-state index in [1.54, 1.807) is 12.2 Å².